The van der Waals surface area contributed by atoms with Crippen molar-refractivity contribution < 1.29 is 14.3 Å². The second-order valence-electron chi connectivity index (χ2n) is 8.72. The average molecular weight is 407 g/mol. The third kappa shape index (κ3) is 3.06. The maximum Gasteiger partial charge on any atom is 0.220 e. The van der Waals surface area contributed by atoms with E-state index < -0.39 is 0 Å². The number of carbonyl (C=O) groups is 1. The van der Waals surface area contributed by atoms with Gasteiger partial charge in [-0.1, -0.05) is 0 Å². The maximum absolute atomic E-state index is 11.7. The number of amides is 1. The first-order chi connectivity index (χ1) is 14.7. The number of fused-ring (bicyclic) bond motifs is 1. The van der Waals surface area contributed by atoms with Gasteiger partial charge in [-0.3, -0.25) is 9.48 Å². The van der Waals surface area contributed by atoms with Gasteiger partial charge in [0.15, 0.2) is 0 Å². The van der Waals surface area contributed by atoms with Crippen molar-refractivity contribution in [2.24, 2.45) is 5.92 Å². The van der Waals surface area contributed by atoms with Gasteiger partial charge >= 0.3 is 0 Å². The normalized spacial score (nSPS) is 22.8. The highest BCUT2D eigenvalue weighted by molar-refractivity contribution is 5.88. The first kappa shape index (κ1) is 17.9. The quantitative estimate of drug-likeness (QED) is 0.679. The van der Waals surface area contributed by atoms with Crippen molar-refractivity contribution in [3.63, 3.8) is 0 Å². The van der Waals surface area contributed by atoms with Crippen molar-refractivity contribution in [2.45, 2.75) is 44.4 Å². The molecule has 0 bridgehead atoms. The van der Waals surface area contributed by atoms with Crippen LogP contribution in [0.2, 0.25) is 0 Å². The van der Waals surface area contributed by atoms with Crippen LogP contribution in [-0.4, -0.2) is 51.1 Å². The number of imidazole rings is 1. The van der Waals surface area contributed by atoms with Crippen LogP contribution >= 0.6 is 0 Å². The van der Waals surface area contributed by atoms with Crippen molar-refractivity contribution in [1.82, 2.24) is 24.6 Å². The lowest BCUT2D eigenvalue weighted by Gasteiger charge is -2.25. The Morgan fingerprint density at radius 1 is 1.23 bits per heavy atom. The zero-order chi connectivity index (χ0) is 20.2. The van der Waals surface area contributed by atoms with Gasteiger partial charge in [-0.2, -0.15) is 5.10 Å². The summed E-state index contributed by atoms with van der Waals surface area (Å²) in [5.74, 6) is 1.11. The molecule has 2 aliphatic heterocycles. The zero-order valence-corrected chi connectivity index (χ0v) is 17.0. The number of hydrogen-bond donors (Lipinski definition) is 1. The summed E-state index contributed by atoms with van der Waals surface area (Å²) < 4.78 is 16.0. The summed E-state index contributed by atoms with van der Waals surface area (Å²) in [6, 6.07) is 5.04. The van der Waals surface area contributed by atoms with Crippen LogP contribution in [0.3, 0.4) is 0 Å². The van der Waals surface area contributed by atoms with Gasteiger partial charge in [0, 0.05) is 36.7 Å². The summed E-state index contributed by atoms with van der Waals surface area (Å²) in [6.45, 7) is 4.15. The van der Waals surface area contributed by atoms with Crippen molar-refractivity contribution >= 4 is 16.9 Å². The molecular weight excluding hydrogens is 382 g/mol. The van der Waals surface area contributed by atoms with E-state index in [9.17, 15) is 4.79 Å². The van der Waals surface area contributed by atoms with Gasteiger partial charge in [-0.05, 0) is 37.5 Å². The highest BCUT2D eigenvalue weighted by atomic mass is 16.5. The number of hydrogen-bond acceptors (Lipinski definition) is 5. The molecule has 1 aliphatic carbocycles. The Hall–Kier alpha value is -2.87. The smallest absolute Gasteiger partial charge is 0.220 e. The fourth-order valence-corrected chi connectivity index (χ4v) is 4.34. The second kappa shape index (κ2) is 6.84. The molecule has 2 saturated heterocycles. The Labute approximate surface area is 174 Å². The Morgan fingerprint density at radius 2 is 2.10 bits per heavy atom. The van der Waals surface area contributed by atoms with E-state index in [4.69, 9.17) is 9.47 Å². The number of benzene rings is 1. The molecule has 1 unspecified atom stereocenters. The van der Waals surface area contributed by atoms with E-state index in [2.05, 4.69) is 45.2 Å². The lowest BCUT2D eigenvalue weighted by atomic mass is 10.0. The molecule has 2 aromatic heterocycles. The highest BCUT2D eigenvalue weighted by Gasteiger charge is 2.31. The number of rotatable bonds is 6. The SMILES string of the molecule is C[C@@H](Oc1cc(-c2cnn(C3COC3)c2)cc2ncn(C3CC3)c12)C1CNC(=O)C1. The minimum atomic E-state index is -0.0696. The van der Waals surface area contributed by atoms with Crippen molar-refractivity contribution in [2.75, 3.05) is 19.8 Å². The molecule has 156 valence electrons. The zero-order valence-electron chi connectivity index (χ0n) is 17.0. The Morgan fingerprint density at radius 3 is 2.80 bits per heavy atom. The fourth-order valence-electron chi connectivity index (χ4n) is 4.34. The molecule has 0 radical (unpaired) electrons. The lowest BCUT2D eigenvalue weighted by molar-refractivity contribution is -0.119. The summed E-state index contributed by atoms with van der Waals surface area (Å²) in [4.78, 5) is 16.3. The number of carbonyl (C=O) groups excluding carboxylic acids is 1. The van der Waals surface area contributed by atoms with E-state index in [1.807, 2.05) is 17.2 Å². The predicted molar refractivity (Wildman–Crippen MR) is 110 cm³/mol. The monoisotopic (exact) mass is 407 g/mol. The first-order valence-electron chi connectivity index (χ1n) is 10.7. The molecule has 3 aliphatic rings. The van der Waals surface area contributed by atoms with Crippen LogP contribution in [0.5, 0.6) is 5.75 Å². The average Bonchev–Trinajstić information content (AvgIpc) is 3.08. The summed E-state index contributed by atoms with van der Waals surface area (Å²) in [5.41, 5.74) is 4.06. The van der Waals surface area contributed by atoms with Gasteiger partial charge in [0.05, 0.1) is 37.3 Å². The predicted octanol–water partition coefficient (Wildman–Crippen LogP) is 2.71. The molecular formula is C22H25N5O3. The molecule has 3 fully saturated rings. The molecule has 1 aromatic carbocycles. The molecule has 1 N–H and O–H groups in total. The summed E-state index contributed by atoms with van der Waals surface area (Å²) in [7, 11) is 0. The first-order valence-corrected chi connectivity index (χ1v) is 10.7. The lowest BCUT2D eigenvalue weighted by Crippen LogP contribution is -2.30. The largest absolute Gasteiger partial charge is 0.488 e. The number of ether oxygens (including phenoxy) is 2. The minimum absolute atomic E-state index is 0.0696. The third-order valence-electron chi connectivity index (χ3n) is 6.49. The highest BCUT2D eigenvalue weighted by Crippen LogP contribution is 2.41. The molecule has 2 atom stereocenters. The van der Waals surface area contributed by atoms with Gasteiger partial charge in [0.25, 0.3) is 0 Å². The molecule has 3 aromatic rings. The van der Waals surface area contributed by atoms with Crippen LogP contribution in [0.4, 0.5) is 0 Å². The Kier molecular flexibility index (Phi) is 4.09. The second-order valence-corrected chi connectivity index (χ2v) is 8.72. The molecule has 4 heterocycles. The summed E-state index contributed by atoms with van der Waals surface area (Å²) >= 11 is 0. The topological polar surface area (TPSA) is 83.2 Å². The van der Waals surface area contributed by atoms with E-state index in [1.165, 1.54) is 12.8 Å². The van der Waals surface area contributed by atoms with E-state index in [0.29, 0.717) is 38.3 Å². The summed E-state index contributed by atoms with van der Waals surface area (Å²) in [5, 5.41) is 7.44. The van der Waals surface area contributed by atoms with Gasteiger partial charge < -0.3 is 19.4 Å². The molecule has 8 heteroatoms. The van der Waals surface area contributed by atoms with Crippen molar-refractivity contribution in [3.05, 3.63) is 30.9 Å². The fraction of sp³-hybridized carbons (Fsp3) is 0.500. The van der Waals surface area contributed by atoms with Crippen LogP contribution in [-0.2, 0) is 9.53 Å². The van der Waals surface area contributed by atoms with Crippen LogP contribution in [0.15, 0.2) is 30.9 Å². The maximum atomic E-state index is 11.7. The minimum Gasteiger partial charge on any atom is -0.488 e. The Bertz CT molecular complexity index is 1110. The Balaban J connectivity index is 1.38. The molecule has 1 amide bonds. The van der Waals surface area contributed by atoms with Crippen LogP contribution in [0.25, 0.3) is 22.2 Å². The standard InChI is InChI=1S/C22H25N5O3/c1-13(15-6-21(28)23-7-15)30-20-5-14(16-8-25-27(9-16)18-10-29-11-18)4-19-22(20)26(12-24-19)17-2-3-17/h4-5,8-9,12-13,15,17-18H,2-3,6-7,10-11H2,1H3,(H,23,28)/t13-,15?/m1/s1. The molecule has 8 nitrogen and oxygen atoms in total. The number of nitrogens with zero attached hydrogens (tertiary/aromatic N) is 4. The molecule has 30 heavy (non-hydrogen) atoms. The number of nitrogens with one attached hydrogen (secondary N) is 1. The molecule has 6 rings (SSSR count). The number of aromatic nitrogens is 4. The van der Waals surface area contributed by atoms with Gasteiger partial charge in [-0.15, -0.1) is 0 Å². The van der Waals surface area contributed by atoms with E-state index >= 15 is 0 Å². The van der Waals surface area contributed by atoms with E-state index in [-0.39, 0.29) is 17.9 Å². The van der Waals surface area contributed by atoms with E-state index in [1.54, 1.807) is 0 Å². The van der Waals surface area contributed by atoms with Gasteiger partial charge in [0.1, 0.15) is 17.4 Å². The van der Waals surface area contributed by atoms with E-state index in [0.717, 1.165) is 27.9 Å². The van der Waals surface area contributed by atoms with Crippen LogP contribution in [0.1, 0.15) is 38.3 Å². The molecule has 0 spiro atoms. The van der Waals surface area contributed by atoms with Crippen molar-refractivity contribution in [3.8, 4) is 16.9 Å². The molecule has 1 saturated carbocycles. The van der Waals surface area contributed by atoms with Gasteiger partial charge in [0.2, 0.25) is 5.91 Å². The van der Waals surface area contributed by atoms with Crippen LogP contribution in [0, 0.1) is 5.92 Å². The summed E-state index contributed by atoms with van der Waals surface area (Å²) in [6.07, 6.45) is 8.70. The van der Waals surface area contributed by atoms with Gasteiger partial charge in [-0.25, -0.2) is 4.98 Å². The van der Waals surface area contributed by atoms with Crippen LogP contribution < -0.4 is 10.1 Å². The third-order valence-corrected chi connectivity index (χ3v) is 6.49. The van der Waals surface area contributed by atoms with Crippen molar-refractivity contribution in [1.29, 1.82) is 0 Å².